The molecule has 0 unspecified atom stereocenters. The number of hydrogen-bond donors (Lipinski definition) is 1. The molecule has 0 spiro atoms. The lowest BCUT2D eigenvalue weighted by molar-refractivity contribution is 0.476. The van der Waals surface area contributed by atoms with Gasteiger partial charge in [-0.25, -0.2) is 9.37 Å². The van der Waals surface area contributed by atoms with Crippen LogP contribution in [0.25, 0.3) is 33.3 Å². The number of phenolic OH excluding ortho intramolecular Hbond substituents is 1. The molecule has 1 aromatic heterocycles. The smallest absolute Gasteiger partial charge is 0.123 e. The first kappa shape index (κ1) is 14.4. The van der Waals surface area contributed by atoms with Gasteiger partial charge in [0.2, 0.25) is 0 Å². The number of halogens is 1. The number of fused-ring (bicyclic) bond motifs is 1. The Morgan fingerprint density at radius 2 is 1.50 bits per heavy atom. The summed E-state index contributed by atoms with van der Waals surface area (Å²) >= 11 is 0. The molecule has 0 radical (unpaired) electrons. The molecule has 1 N–H and O–H groups in total. The topological polar surface area (TPSA) is 33.1 Å². The maximum Gasteiger partial charge on any atom is 0.123 e. The Morgan fingerprint density at radius 3 is 2.25 bits per heavy atom. The monoisotopic (exact) mass is 315 g/mol. The number of rotatable bonds is 2. The van der Waals surface area contributed by atoms with Gasteiger partial charge in [0.15, 0.2) is 0 Å². The summed E-state index contributed by atoms with van der Waals surface area (Å²) in [5.41, 5.74) is 4.39. The highest BCUT2D eigenvalue weighted by Gasteiger charge is 2.12. The number of pyridine rings is 1. The molecular weight excluding hydrogens is 301 g/mol. The first-order valence-electron chi connectivity index (χ1n) is 7.66. The second-order valence-electron chi connectivity index (χ2n) is 5.63. The average molecular weight is 315 g/mol. The predicted molar refractivity (Wildman–Crippen MR) is 94.2 cm³/mol. The molecule has 24 heavy (non-hydrogen) atoms. The van der Waals surface area contributed by atoms with Gasteiger partial charge in [-0.05, 0) is 54.1 Å². The van der Waals surface area contributed by atoms with Crippen LogP contribution in [0.15, 0.2) is 78.9 Å². The number of phenols is 1. The molecule has 1 heterocycles. The average Bonchev–Trinajstić information content (AvgIpc) is 2.62. The molecule has 0 aliphatic rings. The quantitative estimate of drug-likeness (QED) is 0.536. The maximum atomic E-state index is 13.3. The summed E-state index contributed by atoms with van der Waals surface area (Å²) in [6, 6.07) is 23.4. The minimum Gasteiger partial charge on any atom is -0.508 e. The first-order valence-corrected chi connectivity index (χ1v) is 7.66. The molecule has 0 amide bonds. The van der Waals surface area contributed by atoms with Crippen molar-refractivity contribution in [2.45, 2.75) is 0 Å². The van der Waals surface area contributed by atoms with Crippen molar-refractivity contribution in [1.82, 2.24) is 4.98 Å². The lowest BCUT2D eigenvalue weighted by atomic mass is 9.97. The zero-order valence-corrected chi connectivity index (χ0v) is 12.8. The van der Waals surface area contributed by atoms with Gasteiger partial charge in [-0.1, -0.05) is 30.3 Å². The molecule has 3 aromatic carbocycles. The van der Waals surface area contributed by atoms with Crippen LogP contribution < -0.4 is 0 Å². The number of aromatic hydroxyl groups is 1. The van der Waals surface area contributed by atoms with Crippen molar-refractivity contribution in [3.63, 3.8) is 0 Å². The molecule has 116 valence electrons. The zero-order valence-electron chi connectivity index (χ0n) is 12.8. The molecular formula is C21H14FNO. The molecule has 4 rings (SSSR count). The summed E-state index contributed by atoms with van der Waals surface area (Å²) in [4.78, 5) is 4.76. The van der Waals surface area contributed by atoms with Crippen molar-refractivity contribution in [2.75, 3.05) is 0 Å². The summed E-state index contributed by atoms with van der Waals surface area (Å²) < 4.78 is 13.3. The normalized spacial score (nSPS) is 10.9. The third-order valence-electron chi connectivity index (χ3n) is 4.00. The molecule has 0 bridgehead atoms. The van der Waals surface area contributed by atoms with Crippen LogP contribution >= 0.6 is 0 Å². The summed E-state index contributed by atoms with van der Waals surface area (Å²) in [6.07, 6.45) is 0. The maximum absolute atomic E-state index is 13.3. The van der Waals surface area contributed by atoms with E-state index in [-0.39, 0.29) is 11.6 Å². The van der Waals surface area contributed by atoms with Gasteiger partial charge in [-0.2, -0.15) is 0 Å². The number of aromatic nitrogens is 1. The van der Waals surface area contributed by atoms with E-state index < -0.39 is 0 Å². The summed E-state index contributed by atoms with van der Waals surface area (Å²) in [6.45, 7) is 0. The van der Waals surface area contributed by atoms with Crippen LogP contribution in [0, 0.1) is 5.82 Å². The van der Waals surface area contributed by atoms with Crippen LogP contribution in [0.3, 0.4) is 0 Å². The minimum absolute atomic E-state index is 0.206. The van der Waals surface area contributed by atoms with Crippen LogP contribution in [0.4, 0.5) is 4.39 Å². The Kier molecular flexibility index (Phi) is 3.47. The Balaban J connectivity index is 2.02. The Hall–Kier alpha value is -3.20. The van der Waals surface area contributed by atoms with Crippen LogP contribution in [-0.4, -0.2) is 10.1 Å². The van der Waals surface area contributed by atoms with Crippen molar-refractivity contribution < 1.29 is 9.50 Å². The Morgan fingerprint density at radius 1 is 0.750 bits per heavy atom. The predicted octanol–water partition coefficient (Wildman–Crippen LogP) is 5.41. The molecule has 0 aliphatic heterocycles. The van der Waals surface area contributed by atoms with Crippen LogP contribution in [-0.2, 0) is 0 Å². The third-order valence-corrected chi connectivity index (χ3v) is 4.00. The van der Waals surface area contributed by atoms with E-state index in [1.165, 1.54) is 12.1 Å². The summed E-state index contributed by atoms with van der Waals surface area (Å²) in [5, 5.41) is 10.6. The molecule has 0 saturated heterocycles. The van der Waals surface area contributed by atoms with E-state index in [9.17, 15) is 9.50 Å². The Bertz CT molecular complexity index is 1010. The van der Waals surface area contributed by atoms with Gasteiger partial charge in [0, 0.05) is 16.5 Å². The number of nitrogens with zero attached hydrogens (tertiary/aromatic N) is 1. The Labute approximate surface area is 138 Å². The van der Waals surface area contributed by atoms with Crippen LogP contribution in [0.2, 0.25) is 0 Å². The van der Waals surface area contributed by atoms with Crippen molar-refractivity contribution in [3.05, 3.63) is 84.7 Å². The molecule has 2 nitrogen and oxygen atoms in total. The first-order chi connectivity index (χ1) is 11.7. The van der Waals surface area contributed by atoms with E-state index in [1.54, 1.807) is 30.3 Å². The van der Waals surface area contributed by atoms with Crippen LogP contribution in [0.1, 0.15) is 0 Å². The van der Waals surface area contributed by atoms with E-state index in [4.69, 9.17) is 4.98 Å². The lowest BCUT2D eigenvalue weighted by Gasteiger charge is -2.12. The van der Waals surface area contributed by atoms with E-state index in [1.807, 2.05) is 36.4 Å². The highest BCUT2D eigenvalue weighted by Crippen LogP contribution is 2.34. The largest absolute Gasteiger partial charge is 0.508 e. The molecule has 4 aromatic rings. The third kappa shape index (κ3) is 2.61. The molecule has 0 saturated carbocycles. The van der Waals surface area contributed by atoms with Crippen molar-refractivity contribution in [3.8, 4) is 28.1 Å². The zero-order chi connectivity index (χ0) is 16.5. The molecule has 0 fully saturated rings. The van der Waals surface area contributed by atoms with Gasteiger partial charge in [-0.15, -0.1) is 0 Å². The van der Waals surface area contributed by atoms with E-state index in [0.29, 0.717) is 0 Å². The summed E-state index contributed by atoms with van der Waals surface area (Å²) in [5.74, 6) is -0.0661. The lowest BCUT2D eigenvalue weighted by Crippen LogP contribution is -1.91. The van der Waals surface area contributed by atoms with Gasteiger partial charge in [0.05, 0.1) is 11.2 Å². The van der Waals surface area contributed by atoms with E-state index >= 15 is 0 Å². The van der Waals surface area contributed by atoms with E-state index in [2.05, 4.69) is 0 Å². The molecule has 0 aliphatic carbocycles. The minimum atomic E-state index is -0.272. The fraction of sp³-hybridized carbons (Fsp3) is 0. The van der Waals surface area contributed by atoms with Crippen molar-refractivity contribution >= 4 is 10.9 Å². The highest BCUT2D eigenvalue weighted by atomic mass is 19.1. The van der Waals surface area contributed by atoms with Gasteiger partial charge in [0.1, 0.15) is 11.6 Å². The van der Waals surface area contributed by atoms with Crippen LogP contribution in [0.5, 0.6) is 5.75 Å². The fourth-order valence-electron chi connectivity index (χ4n) is 2.83. The second kappa shape index (κ2) is 5.78. The van der Waals surface area contributed by atoms with Crippen molar-refractivity contribution in [2.24, 2.45) is 0 Å². The fourth-order valence-corrected chi connectivity index (χ4v) is 2.83. The molecule has 3 heteroatoms. The second-order valence-corrected chi connectivity index (χ2v) is 5.63. The number of benzene rings is 3. The summed E-state index contributed by atoms with van der Waals surface area (Å²) in [7, 11) is 0. The molecule has 0 atom stereocenters. The highest BCUT2D eigenvalue weighted by molar-refractivity contribution is 5.92. The standard InChI is InChI=1S/C21H14FNO/c22-17-8-6-15(7-9-17)21-19(14-4-2-1-3-5-14)13-16-12-18(24)10-11-20(16)23-21/h1-13,24H. The van der Waals surface area contributed by atoms with Gasteiger partial charge in [0.25, 0.3) is 0 Å². The number of hydrogen-bond acceptors (Lipinski definition) is 2. The van der Waals surface area contributed by atoms with E-state index in [0.717, 1.165) is 33.3 Å². The van der Waals surface area contributed by atoms with Gasteiger partial charge in [-0.3, -0.25) is 0 Å². The SMILES string of the molecule is Oc1ccc2nc(-c3ccc(F)cc3)c(-c3ccccc3)cc2c1. The van der Waals surface area contributed by atoms with Gasteiger partial charge < -0.3 is 5.11 Å². The van der Waals surface area contributed by atoms with Crippen molar-refractivity contribution in [1.29, 1.82) is 0 Å². The van der Waals surface area contributed by atoms with Gasteiger partial charge >= 0.3 is 0 Å².